The summed E-state index contributed by atoms with van der Waals surface area (Å²) in [5.41, 5.74) is 0.484. The van der Waals surface area contributed by atoms with Gasteiger partial charge in [0, 0.05) is 19.5 Å². The number of hydrogen-bond acceptors (Lipinski definition) is 3. The molecule has 1 amide bonds. The number of carbonyl (C=O) groups excluding carboxylic acids is 2. The number of hydrogen-bond donors (Lipinski definition) is 0. The maximum Gasteiger partial charge on any atom is 0.310 e. The number of amides is 1. The van der Waals surface area contributed by atoms with Gasteiger partial charge in [-0.3, -0.25) is 9.59 Å². The third-order valence-corrected chi connectivity index (χ3v) is 3.11. The molecule has 0 radical (unpaired) electrons. The molecule has 4 nitrogen and oxygen atoms in total. The van der Waals surface area contributed by atoms with Crippen LogP contribution >= 0.6 is 0 Å². The molecule has 0 saturated carbocycles. The first-order chi connectivity index (χ1) is 9.01. The number of halogens is 2. The summed E-state index contributed by atoms with van der Waals surface area (Å²) in [7, 11) is 1.27. The predicted molar refractivity (Wildman–Crippen MR) is 61.9 cm³/mol. The van der Waals surface area contributed by atoms with Crippen LogP contribution in [-0.2, 0) is 20.9 Å². The van der Waals surface area contributed by atoms with Crippen molar-refractivity contribution in [2.24, 2.45) is 5.92 Å². The van der Waals surface area contributed by atoms with Crippen LogP contribution in [-0.4, -0.2) is 30.4 Å². The summed E-state index contributed by atoms with van der Waals surface area (Å²) in [5.74, 6) is -2.98. The van der Waals surface area contributed by atoms with Gasteiger partial charge in [-0.1, -0.05) is 6.07 Å². The van der Waals surface area contributed by atoms with Crippen LogP contribution in [0.1, 0.15) is 12.0 Å². The highest BCUT2D eigenvalue weighted by molar-refractivity contribution is 5.86. The maximum atomic E-state index is 13.1. The predicted octanol–water partition coefficient (Wildman–Crippen LogP) is 1.49. The van der Waals surface area contributed by atoms with Crippen molar-refractivity contribution in [3.05, 3.63) is 35.4 Å². The fourth-order valence-electron chi connectivity index (χ4n) is 2.11. The van der Waals surface area contributed by atoms with Crippen LogP contribution in [0.5, 0.6) is 0 Å². The van der Waals surface area contributed by atoms with Gasteiger partial charge in [0.1, 0.15) is 0 Å². The van der Waals surface area contributed by atoms with Crippen LogP contribution in [0.25, 0.3) is 0 Å². The lowest BCUT2D eigenvalue weighted by molar-refractivity contribution is -0.145. The van der Waals surface area contributed by atoms with Crippen LogP contribution < -0.4 is 0 Å². The van der Waals surface area contributed by atoms with Gasteiger partial charge in [-0.25, -0.2) is 8.78 Å². The zero-order chi connectivity index (χ0) is 14.0. The van der Waals surface area contributed by atoms with Crippen LogP contribution in [0, 0.1) is 17.6 Å². The Labute approximate surface area is 109 Å². The molecule has 1 aliphatic heterocycles. The van der Waals surface area contributed by atoms with Crippen LogP contribution in [0.4, 0.5) is 8.78 Å². The molecular formula is C13H13F2NO3. The minimum Gasteiger partial charge on any atom is -0.469 e. The minimum absolute atomic E-state index is 0.0936. The summed E-state index contributed by atoms with van der Waals surface area (Å²) >= 11 is 0. The number of carbonyl (C=O) groups is 2. The first-order valence-corrected chi connectivity index (χ1v) is 5.80. The van der Waals surface area contributed by atoms with Gasteiger partial charge >= 0.3 is 5.97 Å². The Morgan fingerprint density at radius 2 is 2.16 bits per heavy atom. The van der Waals surface area contributed by atoms with Gasteiger partial charge in [0.25, 0.3) is 0 Å². The van der Waals surface area contributed by atoms with E-state index in [1.165, 1.54) is 18.1 Å². The summed E-state index contributed by atoms with van der Waals surface area (Å²) in [6.45, 7) is 0.397. The van der Waals surface area contributed by atoms with Crippen LogP contribution in [0.2, 0.25) is 0 Å². The van der Waals surface area contributed by atoms with E-state index in [-0.39, 0.29) is 25.4 Å². The Bertz CT molecular complexity index is 519. The number of ether oxygens (including phenoxy) is 1. The Balaban J connectivity index is 2.05. The molecule has 1 unspecified atom stereocenters. The van der Waals surface area contributed by atoms with Crippen LogP contribution in [0.3, 0.4) is 0 Å². The highest BCUT2D eigenvalue weighted by atomic mass is 19.2. The van der Waals surface area contributed by atoms with Crippen molar-refractivity contribution in [1.82, 2.24) is 4.90 Å². The SMILES string of the molecule is COC(=O)C1CC(=O)N(Cc2ccc(F)c(F)c2)C1. The van der Waals surface area contributed by atoms with E-state index in [4.69, 9.17) is 0 Å². The molecule has 0 bridgehead atoms. The van der Waals surface area contributed by atoms with Crippen molar-refractivity contribution in [1.29, 1.82) is 0 Å². The van der Waals surface area contributed by atoms with E-state index in [0.29, 0.717) is 5.56 Å². The maximum absolute atomic E-state index is 13.1. The summed E-state index contributed by atoms with van der Waals surface area (Å²) in [6, 6.07) is 3.48. The minimum atomic E-state index is -0.950. The Hall–Kier alpha value is -1.98. The van der Waals surface area contributed by atoms with Crippen molar-refractivity contribution < 1.29 is 23.1 Å². The van der Waals surface area contributed by atoms with Gasteiger partial charge in [0.05, 0.1) is 13.0 Å². The Kier molecular flexibility index (Phi) is 3.78. The monoisotopic (exact) mass is 269 g/mol. The van der Waals surface area contributed by atoms with Crippen LogP contribution in [0.15, 0.2) is 18.2 Å². The van der Waals surface area contributed by atoms with E-state index in [1.807, 2.05) is 0 Å². The molecule has 19 heavy (non-hydrogen) atoms. The lowest BCUT2D eigenvalue weighted by Crippen LogP contribution is -2.26. The molecule has 0 N–H and O–H groups in total. The zero-order valence-electron chi connectivity index (χ0n) is 10.4. The van der Waals surface area contributed by atoms with Gasteiger partial charge in [-0.15, -0.1) is 0 Å². The second kappa shape index (κ2) is 5.34. The number of benzene rings is 1. The second-order valence-electron chi connectivity index (χ2n) is 4.45. The smallest absolute Gasteiger partial charge is 0.310 e. The first-order valence-electron chi connectivity index (χ1n) is 5.80. The van der Waals surface area contributed by atoms with Crippen molar-refractivity contribution in [3.63, 3.8) is 0 Å². The van der Waals surface area contributed by atoms with Crippen molar-refractivity contribution >= 4 is 11.9 Å². The molecular weight excluding hydrogens is 256 g/mol. The molecule has 0 spiro atoms. The molecule has 0 aliphatic carbocycles. The molecule has 6 heteroatoms. The fourth-order valence-corrected chi connectivity index (χ4v) is 2.11. The van der Waals surface area contributed by atoms with Gasteiger partial charge in [0.15, 0.2) is 11.6 Å². The molecule has 0 aromatic heterocycles. The first kappa shape index (κ1) is 13.5. The molecule has 1 atom stereocenters. The molecule has 2 rings (SSSR count). The lowest BCUT2D eigenvalue weighted by Gasteiger charge is -2.16. The lowest BCUT2D eigenvalue weighted by atomic mass is 10.1. The summed E-state index contributed by atoms with van der Waals surface area (Å²) in [4.78, 5) is 24.5. The van der Waals surface area contributed by atoms with Crippen molar-refractivity contribution in [2.75, 3.05) is 13.7 Å². The van der Waals surface area contributed by atoms with E-state index in [2.05, 4.69) is 4.74 Å². The standard InChI is InChI=1S/C13H13F2NO3/c1-19-13(18)9-5-12(17)16(7-9)6-8-2-3-10(14)11(15)4-8/h2-4,9H,5-7H2,1H3. The highest BCUT2D eigenvalue weighted by Crippen LogP contribution is 2.21. The van der Waals surface area contributed by atoms with Gasteiger partial charge in [-0.05, 0) is 17.7 Å². The molecule has 1 aliphatic rings. The van der Waals surface area contributed by atoms with E-state index in [9.17, 15) is 18.4 Å². The Morgan fingerprint density at radius 1 is 1.42 bits per heavy atom. The van der Waals surface area contributed by atoms with E-state index >= 15 is 0 Å². The molecule has 1 saturated heterocycles. The molecule has 102 valence electrons. The molecule has 1 aromatic carbocycles. The van der Waals surface area contributed by atoms with Gasteiger partial charge in [-0.2, -0.15) is 0 Å². The third-order valence-electron chi connectivity index (χ3n) is 3.11. The number of nitrogens with zero attached hydrogens (tertiary/aromatic N) is 1. The third kappa shape index (κ3) is 2.89. The van der Waals surface area contributed by atoms with Crippen molar-refractivity contribution in [2.45, 2.75) is 13.0 Å². The highest BCUT2D eigenvalue weighted by Gasteiger charge is 2.34. The van der Waals surface area contributed by atoms with E-state index in [0.717, 1.165) is 12.1 Å². The number of esters is 1. The molecule has 1 heterocycles. The fraction of sp³-hybridized carbons (Fsp3) is 0.385. The topological polar surface area (TPSA) is 46.6 Å². The number of likely N-dealkylation sites (tertiary alicyclic amines) is 1. The van der Waals surface area contributed by atoms with E-state index < -0.39 is 23.5 Å². The second-order valence-corrected chi connectivity index (χ2v) is 4.45. The number of methoxy groups -OCH3 is 1. The van der Waals surface area contributed by atoms with Gasteiger partial charge in [0.2, 0.25) is 5.91 Å². The van der Waals surface area contributed by atoms with Gasteiger partial charge < -0.3 is 9.64 Å². The Morgan fingerprint density at radius 3 is 2.79 bits per heavy atom. The molecule has 1 aromatic rings. The summed E-state index contributed by atoms with van der Waals surface area (Å²) < 4.78 is 30.4. The average Bonchev–Trinajstić information content (AvgIpc) is 2.74. The summed E-state index contributed by atoms with van der Waals surface area (Å²) in [6.07, 6.45) is 0.0936. The average molecular weight is 269 g/mol. The normalized spacial score (nSPS) is 18.8. The number of rotatable bonds is 3. The molecule has 1 fully saturated rings. The van der Waals surface area contributed by atoms with Crippen molar-refractivity contribution in [3.8, 4) is 0 Å². The van der Waals surface area contributed by atoms with E-state index in [1.54, 1.807) is 0 Å². The zero-order valence-corrected chi connectivity index (χ0v) is 10.4. The largest absolute Gasteiger partial charge is 0.469 e. The summed E-state index contributed by atoms with van der Waals surface area (Å²) in [5, 5.41) is 0. The quantitative estimate of drug-likeness (QED) is 0.781.